The van der Waals surface area contributed by atoms with Gasteiger partial charge < -0.3 is 4.74 Å². The molecule has 1 aromatic carbocycles. The van der Waals surface area contributed by atoms with Crippen molar-refractivity contribution in [2.45, 2.75) is 13.3 Å². The Morgan fingerprint density at radius 1 is 1.38 bits per heavy atom. The third-order valence-electron chi connectivity index (χ3n) is 1.77. The summed E-state index contributed by atoms with van der Waals surface area (Å²) >= 11 is 0. The first-order chi connectivity index (χ1) is 7.83. The topological polar surface area (TPSA) is 26.3 Å². The minimum atomic E-state index is -0.316. The highest BCUT2D eigenvalue weighted by atomic mass is 16.5. The van der Waals surface area contributed by atoms with Crippen molar-refractivity contribution in [3.05, 3.63) is 48.0 Å². The number of allylic oxidation sites excluding steroid dienone is 1. The van der Waals surface area contributed by atoms with Gasteiger partial charge in [0.25, 0.3) is 0 Å². The molecular weight excluding hydrogens is 200 g/mol. The minimum Gasteiger partial charge on any atom is -0.463 e. The van der Waals surface area contributed by atoms with Crippen LogP contribution in [0, 0.1) is 11.8 Å². The van der Waals surface area contributed by atoms with Crippen molar-refractivity contribution in [1.29, 1.82) is 0 Å². The summed E-state index contributed by atoms with van der Waals surface area (Å²) in [6, 6.07) is 9.73. The van der Waals surface area contributed by atoms with Gasteiger partial charge in [0.1, 0.15) is 0 Å². The van der Waals surface area contributed by atoms with Crippen molar-refractivity contribution in [2.75, 3.05) is 6.61 Å². The standard InChI is InChI=1S/C14H14O2/c1-2-16-14(15)12-8-4-7-11-13-9-5-3-6-10-13/h3,5-6,8-10,12H,2,4H2,1H3/b12-8-. The SMILES string of the molecule is CCOC(=O)/C=C\CC#Cc1ccccc1. The van der Waals surface area contributed by atoms with Crippen molar-refractivity contribution in [1.82, 2.24) is 0 Å². The van der Waals surface area contributed by atoms with E-state index in [1.807, 2.05) is 30.3 Å². The average molecular weight is 214 g/mol. The third kappa shape index (κ3) is 5.02. The normalized spacial score (nSPS) is 9.56. The Morgan fingerprint density at radius 2 is 2.12 bits per heavy atom. The molecule has 0 radical (unpaired) electrons. The highest BCUT2D eigenvalue weighted by molar-refractivity contribution is 5.81. The van der Waals surface area contributed by atoms with Gasteiger partial charge in [0.15, 0.2) is 0 Å². The monoisotopic (exact) mass is 214 g/mol. The largest absolute Gasteiger partial charge is 0.463 e. The molecule has 0 aliphatic heterocycles. The fourth-order valence-corrected chi connectivity index (χ4v) is 1.08. The summed E-state index contributed by atoms with van der Waals surface area (Å²) < 4.78 is 4.73. The molecule has 0 bridgehead atoms. The zero-order valence-electron chi connectivity index (χ0n) is 9.27. The van der Waals surface area contributed by atoms with Crippen molar-refractivity contribution in [2.24, 2.45) is 0 Å². The lowest BCUT2D eigenvalue weighted by atomic mass is 10.2. The van der Waals surface area contributed by atoms with Crippen molar-refractivity contribution in [3.63, 3.8) is 0 Å². The maximum absolute atomic E-state index is 10.9. The first kappa shape index (κ1) is 12.1. The molecule has 0 amide bonds. The Bertz CT molecular complexity index is 407. The van der Waals surface area contributed by atoms with Gasteiger partial charge in [-0.3, -0.25) is 0 Å². The summed E-state index contributed by atoms with van der Waals surface area (Å²) in [7, 11) is 0. The summed E-state index contributed by atoms with van der Waals surface area (Å²) in [4.78, 5) is 10.9. The van der Waals surface area contributed by atoms with Gasteiger partial charge in [-0.15, -0.1) is 0 Å². The van der Waals surface area contributed by atoms with E-state index in [-0.39, 0.29) is 5.97 Å². The predicted molar refractivity (Wildman–Crippen MR) is 63.7 cm³/mol. The van der Waals surface area contributed by atoms with Crippen molar-refractivity contribution in [3.8, 4) is 11.8 Å². The van der Waals surface area contributed by atoms with E-state index >= 15 is 0 Å². The van der Waals surface area contributed by atoms with Gasteiger partial charge in [-0.1, -0.05) is 36.1 Å². The highest BCUT2D eigenvalue weighted by Gasteiger charge is 1.90. The minimum absolute atomic E-state index is 0.316. The number of rotatable bonds is 3. The zero-order chi connectivity index (χ0) is 11.6. The molecule has 0 unspecified atom stereocenters. The lowest BCUT2D eigenvalue weighted by Crippen LogP contribution is -1.98. The second-order valence-corrected chi connectivity index (χ2v) is 3.03. The number of carbonyl (C=O) groups is 1. The van der Waals surface area contributed by atoms with Crippen LogP contribution in [0.5, 0.6) is 0 Å². The van der Waals surface area contributed by atoms with Crippen LogP contribution < -0.4 is 0 Å². The van der Waals surface area contributed by atoms with Crippen LogP contribution in [-0.4, -0.2) is 12.6 Å². The van der Waals surface area contributed by atoms with Gasteiger partial charge in [0.2, 0.25) is 0 Å². The Hall–Kier alpha value is -2.01. The van der Waals surface area contributed by atoms with Crippen LogP contribution >= 0.6 is 0 Å². The first-order valence-corrected chi connectivity index (χ1v) is 5.20. The molecule has 0 spiro atoms. The van der Waals surface area contributed by atoms with Gasteiger partial charge >= 0.3 is 5.97 Å². The number of carbonyl (C=O) groups excluding carboxylic acids is 1. The summed E-state index contributed by atoms with van der Waals surface area (Å²) in [6.07, 6.45) is 3.66. The molecule has 2 heteroatoms. The smallest absolute Gasteiger partial charge is 0.330 e. The van der Waals surface area contributed by atoms with Gasteiger partial charge in [0.05, 0.1) is 6.61 Å². The number of benzene rings is 1. The highest BCUT2D eigenvalue weighted by Crippen LogP contribution is 1.95. The summed E-state index contributed by atoms with van der Waals surface area (Å²) in [6.45, 7) is 2.18. The quantitative estimate of drug-likeness (QED) is 0.439. The molecule has 0 saturated heterocycles. The first-order valence-electron chi connectivity index (χ1n) is 5.20. The predicted octanol–water partition coefficient (Wildman–Crippen LogP) is 2.55. The van der Waals surface area contributed by atoms with Crippen LogP contribution in [0.2, 0.25) is 0 Å². The van der Waals surface area contributed by atoms with E-state index < -0.39 is 0 Å². The summed E-state index contributed by atoms with van der Waals surface area (Å²) in [5.74, 6) is 5.64. The summed E-state index contributed by atoms with van der Waals surface area (Å²) in [5, 5.41) is 0. The van der Waals surface area contributed by atoms with Crippen LogP contribution in [0.3, 0.4) is 0 Å². The number of hydrogen-bond acceptors (Lipinski definition) is 2. The van der Waals surface area contributed by atoms with E-state index in [1.54, 1.807) is 13.0 Å². The van der Waals surface area contributed by atoms with E-state index in [0.717, 1.165) is 5.56 Å². The van der Waals surface area contributed by atoms with Crippen LogP contribution in [0.15, 0.2) is 42.5 Å². The second-order valence-electron chi connectivity index (χ2n) is 3.03. The Labute approximate surface area is 95.9 Å². The fraction of sp³-hybridized carbons (Fsp3) is 0.214. The van der Waals surface area contributed by atoms with Crippen LogP contribution in [0.4, 0.5) is 0 Å². The second kappa shape index (κ2) is 7.30. The molecule has 0 atom stereocenters. The molecule has 0 fully saturated rings. The molecule has 0 heterocycles. The van der Waals surface area contributed by atoms with E-state index in [0.29, 0.717) is 13.0 Å². The van der Waals surface area contributed by atoms with Crippen LogP contribution in [-0.2, 0) is 9.53 Å². The Kier molecular flexibility index (Phi) is 5.51. The van der Waals surface area contributed by atoms with E-state index in [4.69, 9.17) is 4.74 Å². The molecule has 1 aromatic rings. The molecular formula is C14H14O2. The van der Waals surface area contributed by atoms with Crippen molar-refractivity contribution < 1.29 is 9.53 Å². The third-order valence-corrected chi connectivity index (χ3v) is 1.77. The van der Waals surface area contributed by atoms with Crippen molar-refractivity contribution >= 4 is 5.97 Å². The molecule has 2 nitrogen and oxygen atoms in total. The van der Waals surface area contributed by atoms with Gasteiger partial charge in [-0.25, -0.2) is 4.79 Å². The zero-order valence-corrected chi connectivity index (χ0v) is 9.27. The molecule has 0 N–H and O–H groups in total. The molecule has 0 saturated carbocycles. The van der Waals surface area contributed by atoms with E-state index in [1.165, 1.54) is 6.08 Å². The maximum Gasteiger partial charge on any atom is 0.330 e. The Balaban J connectivity index is 2.36. The van der Waals surface area contributed by atoms with Gasteiger partial charge in [0, 0.05) is 18.1 Å². The number of ether oxygens (including phenoxy) is 1. The van der Waals surface area contributed by atoms with Gasteiger partial charge in [-0.2, -0.15) is 0 Å². The Morgan fingerprint density at radius 3 is 2.81 bits per heavy atom. The lowest BCUT2D eigenvalue weighted by Gasteiger charge is -1.92. The summed E-state index contributed by atoms with van der Waals surface area (Å²) in [5.41, 5.74) is 0.979. The molecule has 82 valence electrons. The molecule has 0 aromatic heterocycles. The average Bonchev–Trinajstić information content (AvgIpc) is 2.30. The maximum atomic E-state index is 10.9. The van der Waals surface area contributed by atoms with E-state index in [9.17, 15) is 4.79 Å². The number of esters is 1. The van der Waals surface area contributed by atoms with Crippen LogP contribution in [0.1, 0.15) is 18.9 Å². The number of hydrogen-bond donors (Lipinski definition) is 0. The van der Waals surface area contributed by atoms with E-state index in [2.05, 4.69) is 11.8 Å². The molecule has 0 aliphatic rings. The van der Waals surface area contributed by atoms with Crippen LogP contribution in [0.25, 0.3) is 0 Å². The lowest BCUT2D eigenvalue weighted by molar-refractivity contribution is -0.137. The molecule has 1 rings (SSSR count). The van der Waals surface area contributed by atoms with Gasteiger partial charge in [-0.05, 0) is 19.1 Å². The fourth-order valence-electron chi connectivity index (χ4n) is 1.08. The molecule has 16 heavy (non-hydrogen) atoms. The molecule has 0 aliphatic carbocycles.